The molecule has 0 fully saturated rings. The van der Waals surface area contributed by atoms with E-state index in [1.54, 1.807) is 6.08 Å². The molecule has 66 heavy (non-hydrogen) atoms. The predicted molar refractivity (Wildman–Crippen MR) is 287 cm³/mol. The molecule has 0 saturated heterocycles. The van der Waals surface area contributed by atoms with Crippen LogP contribution in [0.3, 0.4) is 0 Å². The van der Waals surface area contributed by atoms with Gasteiger partial charge in [-0.25, -0.2) is 0 Å². The highest BCUT2D eigenvalue weighted by Gasteiger charge is 2.18. The maximum atomic E-state index is 12.4. The highest BCUT2D eigenvalue weighted by Crippen LogP contribution is 2.17. The number of ether oxygens (including phenoxy) is 1. The zero-order valence-corrected chi connectivity index (χ0v) is 44.4. The Kier molecular flexibility index (Phi) is 54.5. The molecule has 0 bridgehead atoms. The lowest BCUT2D eigenvalue weighted by Gasteiger charge is -2.20. The summed E-state index contributed by atoms with van der Waals surface area (Å²) >= 11 is 0. The molecular weight excluding hydrogens is 815 g/mol. The minimum atomic E-state index is -0.845. The third-order valence-corrected chi connectivity index (χ3v) is 13.7. The summed E-state index contributed by atoms with van der Waals surface area (Å²) in [6.07, 6.45) is 67.9. The number of amides is 1. The summed E-state index contributed by atoms with van der Waals surface area (Å²) < 4.78 is 5.49. The summed E-state index contributed by atoms with van der Waals surface area (Å²) in [5.41, 5.74) is 0. The second-order valence-corrected chi connectivity index (χ2v) is 20.3. The molecule has 0 aromatic heterocycles. The van der Waals surface area contributed by atoms with Crippen molar-refractivity contribution >= 4 is 11.9 Å². The van der Waals surface area contributed by atoms with Crippen LogP contribution in [0.2, 0.25) is 0 Å². The normalized spacial score (nSPS) is 12.7. The molecule has 0 heterocycles. The van der Waals surface area contributed by atoms with Crippen LogP contribution >= 0.6 is 0 Å². The maximum Gasteiger partial charge on any atom is 0.305 e. The van der Waals surface area contributed by atoms with Crippen LogP contribution in [0.4, 0.5) is 0 Å². The minimum absolute atomic E-state index is 0.0148. The molecule has 3 N–H and O–H groups in total. The van der Waals surface area contributed by atoms with Gasteiger partial charge in [0, 0.05) is 12.8 Å². The van der Waals surface area contributed by atoms with E-state index >= 15 is 0 Å². The zero-order chi connectivity index (χ0) is 47.9. The van der Waals surface area contributed by atoms with E-state index in [0.717, 1.165) is 44.9 Å². The van der Waals surface area contributed by atoms with Crippen molar-refractivity contribution in [1.29, 1.82) is 0 Å². The molecule has 1 amide bonds. The van der Waals surface area contributed by atoms with Crippen LogP contribution in [-0.4, -0.2) is 47.4 Å². The van der Waals surface area contributed by atoms with Gasteiger partial charge in [-0.2, -0.15) is 0 Å². The lowest BCUT2D eigenvalue weighted by molar-refractivity contribution is -0.143. The van der Waals surface area contributed by atoms with Gasteiger partial charge in [-0.15, -0.1) is 0 Å². The van der Waals surface area contributed by atoms with Crippen molar-refractivity contribution < 1.29 is 24.5 Å². The third-order valence-electron chi connectivity index (χ3n) is 13.7. The number of carbonyl (C=O) groups is 2. The van der Waals surface area contributed by atoms with E-state index in [9.17, 15) is 19.8 Å². The number of aliphatic hydroxyl groups excluding tert-OH is 2. The minimum Gasteiger partial charge on any atom is -0.466 e. The molecule has 0 rings (SSSR count). The lowest BCUT2D eigenvalue weighted by Crippen LogP contribution is -2.45. The van der Waals surface area contributed by atoms with Gasteiger partial charge < -0.3 is 20.3 Å². The summed E-state index contributed by atoms with van der Waals surface area (Å²) in [6.45, 7) is 4.89. The van der Waals surface area contributed by atoms with Crippen LogP contribution in [0.1, 0.15) is 322 Å². The van der Waals surface area contributed by atoms with E-state index in [-0.39, 0.29) is 18.5 Å². The van der Waals surface area contributed by atoms with E-state index in [2.05, 4.69) is 31.3 Å². The zero-order valence-electron chi connectivity index (χ0n) is 44.4. The van der Waals surface area contributed by atoms with E-state index in [1.807, 2.05) is 6.08 Å². The SMILES string of the molecule is CCCCCCCCC/C=C/C(O)C(CO)NC(=O)CCCCCCCCC/C=C\CCCCCCCCCCCCCCOC(=O)CCCCCCCCCCCCCCCCCCC. The molecule has 0 saturated carbocycles. The summed E-state index contributed by atoms with van der Waals surface area (Å²) in [5, 5.41) is 22.9. The molecule has 2 unspecified atom stereocenters. The van der Waals surface area contributed by atoms with Gasteiger partial charge >= 0.3 is 5.97 Å². The van der Waals surface area contributed by atoms with E-state index in [1.165, 1.54) is 250 Å². The van der Waals surface area contributed by atoms with Crippen LogP contribution in [0, 0.1) is 0 Å². The van der Waals surface area contributed by atoms with Gasteiger partial charge in [0.1, 0.15) is 0 Å². The monoisotopic (exact) mass is 930 g/mol. The molecule has 0 spiro atoms. The molecule has 6 nitrogen and oxygen atoms in total. The topological polar surface area (TPSA) is 95.9 Å². The molecule has 390 valence electrons. The summed E-state index contributed by atoms with van der Waals surface area (Å²) in [7, 11) is 0. The predicted octanol–water partition coefficient (Wildman–Crippen LogP) is 18.2. The quantitative estimate of drug-likeness (QED) is 0.0321. The average Bonchev–Trinajstić information content (AvgIpc) is 3.32. The number of hydrogen-bond donors (Lipinski definition) is 3. The summed E-state index contributed by atoms with van der Waals surface area (Å²) in [5.74, 6) is -0.0617. The molecular formula is C60H115NO5. The number of carbonyl (C=O) groups excluding carboxylic acids is 2. The number of unbranched alkanes of at least 4 members (excludes halogenated alkanes) is 42. The van der Waals surface area contributed by atoms with E-state index in [0.29, 0.717) is 19.4 Å². The van der Waals surface area contributed by atoms with Crippen molar-refractivity contribution in [3.05, 3.63) is 24.3 Å². The maximum absolute atomic E-state index is 12.4. The Labute approximate surface area is 411 Å². The standard InChI is InChI=1S/C60H115NO5/c1-3-5-7-9-11-13-14-15-16-24-28-31-34-38-42-46-50-54-60(65)66-55-51-47-43-39-35-32-29-26-23-21-19-17-18-20-22-25-27-30-33-37-41-45-49-53-59(64)61-57(56-62)58(63)52-48-44-40-36-12-10-8-6-4-2/h20,22,48,52,57-58,62-63H,3-19,21,23-47,49-51,53-56H2,1-2H3,(H,61,64)/b22-20-,52-48+. The van der Waals surface area contributed by atoms with Crippen LogP contribution in [0.5, 0.6) is 0 Å². The van der Waals surface area contributed by atoms with Gasteiger partial charge in [-0.3, -0.25) is 9.59 Å². The Morgan fingerprint density at radius 1 is 0.409 bits per heavy atom. The van der Waals surface area contributed by atoms with Gasteiger partial charge in [0.05, 0.1) is 25.4 Å². The smallest absolute Gasteiger partial charge is 0.305 e. The largest absolute Gasteiger partial charge is 0.466 e. The number of esters is 1. The van der Waals surface area contributed by atoms with Crippen molar-refractivity contribution in [2.75, 3.05) is 13.2 Å². The van der Waals surface area contributed by atoms with Crippen molar-refractivity contribution in [3.8, 4) is 0 Å². The molecule has 6 heteroatoms. The molecule has 0 aliphatic heterocycles. The first kappa shape index (κ1) is 64.3. The van der Waals surface area contributed by atoms with E-state index in [4.69, 9.17) is 4.74 Å². The number of hydrogen-bond acceptors (Lipinski definition) is 5. The molecule has 2 atom stereocenters. The Bertz CT molecular complexity index is 1030. The van der Waals surface area contributed by atoms with Gasteiger partial charge in [0.25, 0.3) is 0 Å². The first-order chi connectivity index (χ1) is 32.5. The fraction of sp³-hybridized carbons (Fsp3) is 0.900. The number of allylic oxidation sites excluding steroid dienone is 3. The summed E-state index contributed by atoms with van der Waals surface area (Å²) in [6, 6.07) is -0.630. The first-order valence-electron chi connectivity index (χ1n) is 29.6. The van der Waals surface area contributed by atoms with Crippen molar-refractivity contribution in [2.45, 2.75) is 334 Å². The van der Waals surface area contributed by atoms with Crippen LogP contribution < -0.4 is 5.32 Å². The fourth-order valence-electron chi connectivity index (χ4n) is 9.16. The average molecular weight is 931 g/mol. The first-order valence-corrected chi connectivity index (χ1v) is 29.6. The van der Waals surface area contributed by atoms with Crippen molar-refractivity contribution in [2.24, 2.45) is 0 Å². The molecule has 0 radical (unpaired) electrons. The Balaban J connectivity index is 3.37. The van der Waals surface area contributed by atoms with Gasteiger partial charge in [-0.05, 0) is 57.8 Å². The van der Waals surface area contributed by atoms with Crippen LogP contribution in [0.25, 0.3) is 0 Å². The molecule has 0 aliphatic rings. The van der Waals surface area contributed by atoms with E-state index < -0.39 is 12.1 Å². The summed E-state index contributed by atoms with van der Waals surface area (Å²) in [4.78, 5) is 24.5. The third kappa shape index (κ3) is 51.7. The number of aliphatic hydroxyl groups is 2. The molecule has 0 aromatic carbocycles. The highest BCUT2D eigenvalue weighted by atomic mass is 16.5. The second kappa shape index (κ2) is 55.9. The van der Waals surface area contributed by atoms with Crippen molar-refractivity contribution in [1.82, 2.24) is 5.32 Å². The Morgan fingerprint density at radius 3 is 1.08 bits per heavy atom. The van der Waals surface area contributed by atoms with Gasteiger partial charge in [0.15, 0.2) is 0 Å². The van der Waals surface area contributed by atoms with Gasteiger partial charge in [-0.1, -0.05) is 276 Å². The Morgan fingerprint density at radius 2 is 0.712 bits per heavy atom. The fourth-order valence-corrected chi connectivity index (χ4v) is 9.16. The Hall–Kier alpha value is -1.66. The molecule has 0 aliphatic carbocycles. The number of nitrogens with one attached hydrogen (secondary N) is 1. The van der Waals surface area contributed by atoms with Crippen molar-refractivity contribution in [3.63, 3.8) is 0 Å². The second-order valence-electron chi connectivity index (χ2n) is 20.3. The molecule has 0 aromatic rings. The van der Waals surface area contributed by atoms with Crippen LogP contribution in [0.15, 0.2) is 24.3 Å². The van der Waals surface area contributed by atoms with Crippen LogP contribution in [-0.2, 0) is 14.3 Å². The highest BCUT2D eigenvalue weighted by molar-refractivity contribution is 5.76. The van der Waals surface area contributed by atoms with Gasteiger partial charge in [0.2, 0.25) is 5.91 Å². The lowest BCUT2D eigenvalue weighted by atomic mass is 10.0. The number of rotatable bonds is 55.